The highest BCUT2D eigenvalue weighted by atomic mass is 19.2. The van der Waals surface area contributed by atoms with Gasteiger partial charge in [0.15, 0.2) is 11.6 Å². The molecule has 0 aliphatic carbocycles. The maximum absolute atomic E-state index is 14.4. The number of halogens is 2. The molecule has 190 valence electrons. The van der Waals surface area contributed by atoms with Gasteiger partial charge >= 0.3 is 0 Å². The van der Waals surface area contributed by atoms with Crippen molar-refractivity contribution < 1.29 is 38.5 Å². The van der Waals surface area contributed by atoms with Crippen molar-refractivity contribution in [2.45, 2.75) is 63.1 Å². The van der Waals surface area contributed by atoms with Crippen LogP contribution in [-0.2, 0) is 16.6 Å². The first kappa shape index (κ1) is 25.3. The predicted molar refractivity (Wildman–Crippen MR) is 117 cm³/mol. The monoisotopic (exact) mass is 494 g/mol. The second kappa shape index (κ2) is 9.70. The van der Waals surface area contributed by atoms with Gasteiger partial charge in [-0.15, -0.1) is 5.10 Å². The summed E-state index contributed by atoms with van der Waals surface area (Å²) >= 11 is 0. The summed E-state index contributed by atoms with van der Waals surface area (Å²) in [5.41, 5.74) is -0.0895. The standard InChI is InChI=1S/C23H28F2N4O6/c1-11-4-5-13(19(25)18(11)24)14-8-29(28-26-14)20-21(32)15(34-16(9-30)22(20)33)6-12-7-17(27-35-12)23(2,3)10-31/h4-5,7-8,15-16,20-22,30-33H,6,9-10H2,1-3H3/t15-,16-,20-,21+,22+/m1/s1. The summed E-state index contributed by atoms with van der Waals surface area (Å²) in [5.74, 6) is -1.71. The average molecular weight is 494 g/mol. The number of benzene rings is 1. The van der Waals surface area contributed by atoms with Crippen molar-refractivity contribution >= 4 is 0 Å². The number of ether oxygens (including phenoxy) is 1. The zero-order valence-corrected chi connectivity index (χ0v) is 19.5. The van der Waals surface area contributed by atoms with Crippen LogP contribution >= 0.6 is 0 Å². The highest BCUT2D eigenvalue weighted by Crippen LogP contribution is 2.33. The first-order valence-corrected chi connectivity index (χ1v) is 11.1. The van der Waals surface area contributed by atoms with E-state index >= 15 is 0 Å². The van der Waals surface area contributed by atoms with Gasteiger partial charge in [-0.1, -0.05) is 30.3 Å². The Kier molecular flexibility index (Phi) is 7.02. The van der Waals surface area contributed by atoms with E-state index < -0.39 is 54.1 Å². The number of hydrogen-bond donors (Lipinski definition) is 4. The minimum atomic E-state index is -1.38. The van der Waals surface area contributed by atoms with Crippen LogP contribution in [0.25, 0.3) is 11.3 Å². The minimum absolute atomic E-state index is 0.00972. The van der Waals surface area contributed by atoms with Gasteiger partial charge in [-0.2, -0.15) is 0 Å². The molecule has 0 radical (unpaired) electrons. The molecular weight excluding hydrogens is 466 g/mol. The molecule has 0 amide bonds. The highest BCUT2D eigenvalue weighted by molar-refractivity contribution is 5.59. The van der Waals surface area contributed by atoms with Crippen LogP contribution in [0.1, 0.15) is 36.9 Å². The summed E-state index contributed by atoms with van der Waals surface area (Å²) in [6, 6.07) is 3.31. The Balaban J connectivity index is 1.61. The third kappa shape index (κ3) is 4.71. The van der Waals surface area contributed by atoms with Gasteiger partial charge in [0.25, 0.3) is 0 Å². The molecule has 3 aromatic rings. The predicted octanol–water partition coefficient (Wildman–Crippen LogP) is 1.05. The molecule has 0 saturated carbocycles. The lowest BCUT2D eigenvalue weighted by Gasteiger charge is -2.42. The maximum Gasteiger partial charge on any atom is 0.168 e. The molecule has 0 spiro atoms. The van der Waals surface area contributed by atoms with Gasteiger partial charge in [0, 0.05) is 23.5 Å². The molecule has 0 bridgehead atoms. The third-order valence-corrected chi connectivity index (χ3v) is 6.41. The highest BCUT2D eigenvalue weighted by Gasteiger charge is 2.46. The summed E-state index contributed by atoms with van der Waals surface area (Å²) in [7, 11) is 0. The Morgan fingerprint density at radius 1 is 1.09 bits per heavy atom. The first-order chi connectivity index (χ1) is 16.6. The van der Waals surface area contributed by atoms with E-state index in [-0.39, 0.29) is 29.8 Å². The molecule has 0 unspecified atom stereocenters. The molecule has 3 heterocycles. The normalized spacial score (nSPS) is 25.2. The van der Waals surface area contributed by atoms with Gasteiger partial charge in [0.2, 0.25) is 0 Å². The second-order valence-corrected chi connectivity index (χ2v) is 9.43. The Morgan fingerprint density at radius 3 is 2.49 bits per heavy atom. The van der Waals surface area contributed by atoms with Gasteiger partial charge < -0.3 is 29.7 Å². The number of aliphatic hydroxyl groups excluding tert-OH is 4. The van der Waals surface area contributed by atoms with Crippen molar-refractivity contribution in [1.29, 1.82) is 0 Å². The van der Waals surface area contributed by atoms with Crippen LogP contribution in [0.2, 0.25) is 0 Å². The third-order valence-electron chi connectivity index (χ3n) is 6.41. The van der Waals surface area contributed by atoms with Gasteiger partial charge in [-0.25, -0.2) is 13.5 Å². The first-order valence-electron chi connectivity index (χ1n) is 11.1. The summed E-state index contributed by atoms with van der Waals surface area (Å²) in [5, 5.41) is 52.9. The molecule has 1 saturated heterocycles. The summed E-state index contributed by atoms with van der Waals surface area (Å²) in [4.78, 5) is 0. The van der Waals surface area contributed by atoms with E-state index in [9.17, 15) is 29.2 Å². The number of hydrogen-bond acceptors (Lipinski definition) is 9. The van der Waals surface area contributed by atoms with Crippen LogP contribution in [-0.4, -0.2) is 78.2 Å². The molecular formula is C23H28F2N4O6. The fourth-order valence-electron chi connectivity index (χ4n) is 4.06. The summed E-state index contributed by atoms with van der Waals surface area (Å²) in [6.45, 7) is 4.33. The lowest BCUT2D eigenvalue weighted by Crippen LogP contribution is -2.56. The van der Waals surface area contributed by atoms with Crippen LogP contribution in [0, 0.1) is 18.6 Å². The van der Waals surface area contributed by atoms with Crippen LogP contribution in [0.4, 0.5) is 8.78 Å². The molecule has 4 N–H and O–H groups in total. The minimum Gasteiger partial charge on any atom is -0.395 e. The fourth-order valence-corrected chi connectivity index (χ4v) is 4.06. The lowest BCUT2D eigenvalue weighted by atomic mass is 9.89. The van der Waals surface area contributed by atoms with Gasteiger partial charge in [0.05, 0.1) is 31.2 Å². The largest absolute Gasteiger partial charge is 0.395 e. The van der Waals surface area contributed by atoms with Crippen molar-refractivity contribution in [3.63, 3.8) is 0 Å². The van der Waals surface area contributed by atoms with Gasteiger partial charge in [0.1, 0.15) is 35.8 Å². The number of aliphatic hydroxyl groups is 4. The molecule has 1 aliphatic rings. The Morgan fingerprint density at radius 2 is 1.80 bits per heavy atom. The molecule has 5 atom stereocenters. The van der Waals surface area contributed by atoms with Gasteiger partial charge in [-0.05, 0) is 18.6 Å². The van der Waals surface area contributed by atoms with Crippen molar-refractivity contribution in [2.75, 3.05) is 13.2 Å². The quantitative estimate of drug-likeness (QED) is 0.378. The van der Waals surface area contributed by atoms with Gasteiger partial charge in [-0.3, -0.25) is 0 Å². The summed E-state index contributed by atoms with van der Waals surface area (Å²) < 4.78 is 40.7. The number of aryl methyl sites for hydroxylation is 1. The van der Waals surface area contributed by atoms with Crippen molar-refractivity contribution in [3.8, 4) is 11.3 Å². The fraction of sp³-hybridized carbons (Fsp3) is 0.522. The van der Waals surface area contributed by atoms with Crippen molar-refractivity contribution in [2.24, 2.45) is 0 Å². The van der Waals surface area contributed by atoms with Crippen molar-refractivity contribution in [3.05, 3.63) is 53.0 Å². The Hall–Kier alpha value is -2.77. The molecule has 35 heavy (non-hydrogen) atoms. The molecule has 1 aliphatic heterocycles. The second-order valence-electron chi connectivity index (χ2n) is 9.43. The number of rotatable bonds is 7. The molecule has 4 rings (SSSR count). The number of aromatic nitrogens is 4. The average Bonchev–Trinajstić information content (AvgIpc) is 3.50. The SMILES string of the molecule is Cc1ccc(-c2cn([C@H]3[C@@H](O)[C@@H](CO)O[C@H](Cc4cc(C(C)(C)CO)no4)[C@@H]3O)nn2)c(F)c1F. The Bertz CT molecular complexity index is 1180. The Labute approximate surface area is 199 Å². The van der Waals surface area contributed by atoms with E-state index in [1.807, 2.05) is 0 Å². The van der Waals surface area contributed by atoms with E-state index in [0.29, 0.717) is 11.5 Å². The van der Waals surface area contributed by atoms with E-state index in [1.165, 1.54) is 25.3 Å². The molecule has 12 heteroatoms. The lowest BCUT2D eigenvalue weighted by molar-refractivity contribution is -0.205. The molecule has 1 fully saturated rings. The smallest absolute Gasteiger partial charge is 0.168 e. The number of nitrogens with zero attached hydrogens (tertiary/aromatic N) is 4. The molecule has 1 aromatic carbocycles. The molecule has 2 aromatic heterocycles. The van der Waals surface area contributed by atoms with Crippen LogP contribution in [0.15, 0.2) is 28.9 Å². The zero-order valence-electron chi connectivity index (χ0n) is 19.5. The van der Waals surface area contributed by atoms with E-state index in [2.05, 4.69) is 15.5 Å². The maximum atomic E-state index is 14.4. The van der Waals surface area contributed by atoms with E-state index in [1.54, 1.807) is 19.9 Å². The van der Waals surface area contributed by atoms with Crippen molar-refractivity contribution in [1.82, 2.24) is 20.2 Å². The zero-order chi connectivity index (χ0) is 25.5. The van der Waals surface area contributed by atoms with Crippen LogP contribution < -0.4 is 0 Å². The van der Waals surface area contributed by atoms with Crippen LogP contribution in [0.3, 0.4) is 0 Å². The summed E-state index contributed by atoms with van der Waals surface area (Å²) in [6.07, 6.45) is -3.36. The van der Waals surface area contributed by atoms with E-state index in [0.717, 1.165) is 4.68 Å². The van der Waals surface area contributed by atoms with Crippen LogP contribution in [0.5, 0.6) is 0 Å². The molecule has 10 nitrogen and oxygen atoms in total. The topological polar surface area (TPSA) is 147 Å². The van der Waals surface area contributed by atoms with E-state index in [4.69, 9.17) is 9.26 Å².